The zero-order valence-corrected chi connectivity index (χ0v) is 15.6. The molecule has 4 nitrogen and oxygen atoms in total. The Morgan fingerprint density at radius 2 is 1.35 bits per heavy atom. The maximum absolute atomic E-state index is 10.3. The second-order valence-electron chi connectivity index (χ2n) is 5.75. The van der Waals surface area contributed by atoms with Gasteiger partial charge in [-0.3, -0.25) is 4.79 Å². The van der Waals surface area contributed by atoms with Crippen molar-refractivity contribution in [1.29, 1.82) is 0 Å². The molecule has 0 aromatic carbocycles. The smallest absolute Gasteiger partial charge is 0.303 e. The molecule has 4 heteroatoms. The zero-order chi connectivity index (χ0) is 19.5. The summed E-state index contributed by atoms with van der Waals surface area (Å²) in [7, 11) is 0. The number of hydrogen-bond donors (Lipinski definition) is 3. The van der Waals surface area contributed by atoms with Gasteiger partial charge < -0.3 is 15.3 Å². The van der Waals surface area contributed by atoms with E-state index in [0.717, 1.165) is 12.8 Å². The fourth-order valence-electron chi connectivity index (χ4n) is 1.90. The number of aliphatic hydroxyl groups excluding tert-OH is 2. The van der Waals surface area contributed by atoms with Gasteiger partial charge in [0, 0.05) is 6.42 Å². The maximum atomic E-state index is 10.3. The minimum absolute atomic E-state index is 0.114. The first-order chi connectivity index (χ1) is 12.6. The van der Waals surface area contributed by atoms with Crippen LogP contribution in [0, 0.1) is 0 Å². The van der Waals surface area contributed by atoms with E-state index in [2.05, 4.69) is 6.92 Å². The normalized spacial score (nSPS) is 15.5. The molecule has 0 radical (unpaired) electrons. The Morgan fingerprint density at radius 1 is 0.808 bits per heavy atom. The summed E-state index contributed by atoms with van der Waals surface area (Å²) in [4.78, 5) is 10.3. The molecule has 2 atom stereocenters. The second kappa shape index (κ2) is 17.6. The van der Waals surface area contributed by atoms with Gasteiger partial charge in [-0.15, -0.1) is 0 Å². The molecule has 0 fully saturated rings. The summed E-state index contributed by atoms with van der Waals surface area (Å²) in [5.41, 5.74) is 0. The first-order valence-electron chi connectivity index (χ1n) is 9.10. The van der Waals surface area contributed by atoms with Crippen LogP contribution < -0.4 is 0 Å². The highest BCUT2D eigenvalue weighted by Crippen LogP contribution is 2.00. The Hall–Kier alpha value is -2.17. The van der Waals surface area contributed by atoms with Crippen LogP contribution in [0.15, 0.2) is 72.9 Å². The molecule has 0 saturated heterocycles. The quantitative estimate of drug-likeness (QED) is 0.315. The molecule has 0 bridgehead atoms. The summed E-state index contributed by atoms with van der Waals surface area (Å²) in [6, 6.07) is 0. The number of aliphatic carboxylic acids is 1. The number of carboxylic acids is 1. The lowest BCUT2D eigenvalue weighted by Gasteiger charge is -1.99. The van der Waals surface area contributed by atoms with E-state index in [1.807, 2.05) is 42.5 Å². The minimum Gasteiger partial charge on any atom is -0.481 e. The number of aliphatic hydroxyl groups is 2. The molecule has 144 valence electrons. The fraction of sp³-hybridized carbons (Fsp3) is 0.409. The van der Waals surface area contributed by atoms with E-state index in [0.29, 0.717) is 19.3 Å². The van der Waals surface area contributed by atoms with Gasteiger partial charge in [0.2, 0.25) is 0 Å². The van der Waals surface area contributed by atoms with Crippen molar-refractivity contribution in [2.75, 3.05) is 0 Å². The largest absolute Gasteiger partial charge is 0.481 e. The first kappa shape index (κ1) is 23.8. The van der Waals surface area contributed by atoms with Gasteiger partial charge in [0.1, 0.15) is 0 Å². The van der Waals surface area contributed by atoms with Crippen LogP contribution in [0.5, 0.6) is 0 Å². The van der Waals surface area contributed by atoms with Crippen molar-refractivity contribution in [3.8, 4) is 0 Å². The Balaban J connectivity index is 3.85. The molecule has 0 saturated carbocycles. The van der Waals surface area contributed by atoms with Crippen molar-refractivity contribution in [3.63, 3.8) is 0 Å². The van der Waals surface area contributed by atoms with E-state index < -0.39 is 18.2 Å². The molecular weight excluding hydrogens is 328 g/mol. The number of allylic oxidation sites excluding steroid dienone is 8. The molecule has 0 aliphatic rings. The molecule has 0 unspecified atom stereocenters. The Labute approximate surface area is 157 Å². The highest BCUT2D eigenvalue weighted by molar-refractivity contribution is 5.66. The standard InChI is InChI=1S/C22H32O4/c1-2-3-10-15-20(23)16-11-7-5-4-6-8-12-17-21(24)18-13-9-14-19-22(25)26/h3,5-13,16-17,20-21,23-24H,2,4,14-15,18-19H2,1H3,(H,25,26)/t20-,21+/m1/s1. The van der Waals surface area contributed by atoms with Gasteiger partial charge in [-0.25, -0.2) is 0 Å². The lowest BCUT2D eigenvalue weighted by Crippen LogP contribution is -1.99. The summed E-state index contributed by atoms with van der Waals surface area (Å²) >= 11 is 0. The third kappa shape index (κ3) is 18.2. The van der Waals surface area contributed by atoms with E-state index in [4.69, 9.17) is 5.11 Å². The maximum Gasteiger partial charge on any atom is 0.303 e. The summed E-state index contributed by atoms with van der Waals surface area (Å²) in [5.74, 6) is -0.815. The highest BCUT2D eigenvalue weighted by Gasteiger charge is 1.95. The SMILES string of the molecule is CCC=CC[C@@H](O)C=CC=CCC=CC=C[C@H](O)CC=CCCC(=O)O. The lowest BCUT2D eigenvalue weighted by atomic mass is 10.2. The monoisotopic (exact) mass is 360 g/mol. The first-order valence-corrected chi connectivity index (χ1v) is 9.10. The van der Waals surface area contributed by atoms with Gasteiger partial charge in [0.25, 0.3) is 0 Å². The van der Waals surface area contributed by atoms with Crippen molar-refractivity contribution < 1.29 is 20.1 Å². The third-order valence-corrected chi connectivity index (χ3v) is 3.28. The van der Waals surface area contributed by atoms with Gasteiger partial charge in [0.15, 0.2) is 0 Å². The molecule has 26 heavy (non-hydrogen) atoms. The summed E-state index contributed by atoms with van der Waals surface area (Å²) in [5, 5.41) is 27.9. The van der Waals surface area contributed by atoms with Crippen LogP contribution in [-0.2, 0) is 4.79 Å². The fourth-order valence-corrected chi connectivity index (χ4v) is 1.90. The van der Waals surface area contributed by atoms with Crippen LogP contribution in [0.1, 0.15) is 45.4 Å². The topological polar surface area (TPSA) is 77.8 Å². The molecule has 3 N–H and O–H groups in total. The second-order valence-corrected chi connectivity index (χ2v) is 5.75. The molecule has 0 spiro atoms. The van der Waals surface area contributed by atoms with Crippen LogP contribution in [0.4, 0.5) is 0 Å². The average Bonchev–Trinajstić information content (AvgIpc) is 2.60. The average molecular weight is 360 g/mol. The molecule has 0 amide bonds. The Morgan fingerprint density at radius 3 is 1.85 bits per heavy atom. The lowest BCUT2D eigenvalue weighted by molar-refractivity contribution is -0.136. The molecular formula is C22H32O4. The van der Waals surface area contributed by atoms with Gasteiger partial charge in [-0.2, -0.15) is 0 Å². The van der Waals surface area contributed by atoms with Gasteiger partial charge in [-0.05, 0) is 32.1 Å². The Kier molecular flexibility index (Phi) is 16.2. The molecule has 0 aliphatic carbocycles. The zero-order valence-electron chi connectivity index (χ0n) is 15.6. The van der Waals surface area contributed by atoms with E-state index >= 15 is 0 Å². The predicted octanol–water partition coefficient (Wildman–Crippen LogP) is 4.49. The van der Waals surface area contributed by atoms with E-state index in [-0.39, 0.29) is 6.42 Å². The highest BCUT2D eigenvalue weighted by atomic mass is 16.4. The van der Waals surface area contributed by atoms with Crippen molar-refractivity contribution in [2.24, 2.45) is 0 Å². The predicted molar refractivity (Wildman–Crippen MR) is 108 cm³/mol. The van der Waals surface area contributed by atoms with Crippen molar-refractivity contribution in [3.05, 3.63) is 72.9 Å². The van der Waals surface area contributed by atoms with E-state index in [1.165, 1.54) is 0 Å². The third-order valence-electron chi connectivity index (χ3n) is 3.28. The number of rotatable bonds is 14. The number of hydrogen-bond acceptors (Lipinski definition) is 3. The molecule has 0 rings (SSSR count). The van der Waals surface area contributed by atoms with Crippen LogP contribution in [0.2, 0.25) is 0 Å². The number of carboxylic acid groups (broad SMARTS) is 1. The Bertz CT molecular complexity index is 524. The van der Waals surface area contributed by atoms with Crippen molar-refractivity contribution in [2.45, 2.75) is 57.7 Å². The van der Waals surface area contributed by atoms with E-state index in [1.54, 1.807) is 30.4 Å². The summed E-state index contributed by atoms with van der Waals surface area (Å²) < 4.78 is 0. The van der Waals surface area contributed by atoms with Gasteiger partial charge in [0.05, 0.1) is 12.2 Å². The van der Waals surface area contributed by atoms with Crippen LogP contribution in [0.3, 0.4) is 0 Å². The summed E-state index contributed by atoms with van der Waals surface area (Å²) in [6.45, 7) is 2.06. The molecule has 0 aliphatic heterocycles. The number of carbonyl (C=O) groups is 1. The van der Waals surface area contributed by atoms with Crippen molar-refractivity contribution in [1.82, 2.24) is 0 Å². The van der Waals surface area contributed by atoms with Crippen LogP contribution >= 0.6 is 0 Å². The molecule has 0 aromatic rings. The van der Waals surface area contributed by atoms with Crippen LogP contribution in [-0.4, -0.2) is 33.5 Å². The van der Waals surface area contributed by atoms with Gasteiger partial charge in [-0.1, -0.05) is 79.8 Å². The van der Waals surface area contributed by atoms with E-state index in [9.17, 15) is 15.0 Å². The molecule has 0 aromatic heterocycles. The van der Waals surface area contributed by atoms with Gasteiger partial charge >= 0.3 is 5.97 Å². The van der Waals surface area contributed by atoms with Crippen LogP contribution in [0.25, 0.3) is 0 Å². The molecule has 0 heterocycles. The minimum atomic E-state index is -0.815. The summed E-state index contributed by atoms with van der Waals surface area (Å²) in [6.07, 6.45) is 24.9. The van der Waals surface area contributed by atoms with Crippen molar-refractivity contribution >= 4 is 5.97 Å².